The molecule has 2 fully saturated rings. The minimum absolute atomic E-state index is 0.0643. The van der Waals surface area contributed by atoms with E-state index in [1.807, 2.05) is 6.20 Å². The van der Waals surface area contributed by atoms with Gasteiger partial charge in [0, 0.05) is 30.8 Å². The highest BCUT2D eigenvalue weighted by Crippen LogP contribution is 2.41. The summed E-state index contributed by atoms with van der Waals surface area (Å²) in [6, 6.07) is 0.0643. The summed E-state index contributed by atoms with van der Waals surface area (Å²) in [5.74, 6) is 1.32. The molecule has 23 heavy (non-hydrogen) atoms. The number of nitrogens with zero attached hydrogens (tertiary/aromatic N) is 3. The quantitative estimate of drug-likeness (QED) is 0.932. The molecule has 2 heterocycles. The summed E-state index contributed by atoms with van der Waals surface area (Å²) in [5.41, 5.74) is 2.41. The van der Waals surface area contributed by atoms with Gasteiger partial charge in [-0.05, 0) is 43.9 Å². The Labute approximate surface area is 137 Å². The van der Waals surface area contributed by atoms with E-state index in [0.29, 0.717) is 0 Å². The standard InChI is InChI=1S/C18H26N4O/c1-18(2)9-14(20-16(23)12-5-6-12)13-11-19-17(21-15(13)10-18)22-7-3-4-8-22/h11-12,14H,3-10H2,1-2H3,(H,20,23)/t14-/m1/s1. The lowest BCUT2D eigenvalue weighted by atomic mass is 9.74. The predicted molar refractivity (Wildman–Crippen MR) is 89.2 cm³/mol. The number of fused-ring (bicyclic) bond motifs is 1. The average Bonchev–Trinajstić information content (AvgIpc) is 3.20. The van der Waals surface area contributed by atoms with Gasteiger partial charge in [0.2, 0.25) is 11.9 Å². The van der Waals surface area contributed by atoms with Crippen molar-refractivity contribution in [2.45, 2.75) is 58.4 Å². The van der Waals surface area contributed by atoms with Crippen molar-refractivity contribution in [3.8, 4) is 0 Å². The summed E-state index contributed by atoms with van der Waals surface area (Å²) < 4.78 is 0. The maximum atomic E-state index is 12.2. The number of nitrogens with one attached hydrogen (secondary N) is 1. The van der Waals surface area contributed by atoms with Crippen LogP contribution in [0.5, 0.6) is 0 Å². The van der Waals surface area contributed by atoms with Gasteiger partial charge in [-0.25, -0.2) is 9.97 Å². The molecule has 0 spiro atoms. The van der Waals surface area contributed by atoms with Crippen molar-refractivity contribution in [1.82, 2.24) is 15.3 Å². The van der Waals surface area contributed by atoms with E-state index in [2.05, 4.69) is 29.0 Å². The molecule has 0 aromatic carbocycles. The van der Waals surface area contributed by atoms with E-state index in [9.17, 15) is 4.79 Å². The molecule has 124 valence electrons. The number of hydrogen-bond acceptors (Lipinski definition) is 4. The van der Waals surface area contributed by atoms with Gasteiger partial charge in [-0.2, -0.15) is 0 Å². The Bertz CT molecular complexity index is 617. The fraction of sp³-hybridized carbons (Fsp3) is 0.722. The first-order valence-corrected chi connectivity index (χ1v) is 8.93. The summed E-state index contributed by atoms with van der Waals surface area (Å²) in [6.45, 7) is 6.65. The van der Waals surface area contributed by atoms with Crippen LogP contribution in [-0.2, 0) is 11.2 Å². The Morgan fingerprint density at radius 2 is 2.04 bits per heavy atom. The maximum absolute atomic E-state index is 12.2. The van der Waals surface area contributed by atoms with Crippen LogP contribution in [0.15, 0.2) is 6.20 Å². The largest absolute Gasteiger partial charge is 0.349 e. The van der Waals surface area contributed by atoms with Gasteiger partial charge in [-0.1, -0.05) is 13.8 Å². The minimum atomic E-state index is 0.0643. The summed E-state index contributed by atoms with van der Waals surface area (Å²) in [6.07, 6.45) is 8.42. The molecule has 1 atom stereocenters. The number of amides is 1. The molecule has 0 radical (unpaired) electrons. The van der Waals surface area contributed by atoms with E-state index in [1.54, 1.807) is 0 Å². The lowest BCUT2D eigenvalue weighted by molar-refractivity contribution is -0.123. The number of anilines is 1. The van der Waals surface area contributed by atoms with Crippen LogP contribution >= 0.6 is 0 Å². The number of rotatable bonds is 3. The molecule has 2 aliphatic carbocycles. The molecule has 1 saturated carbocycles. The molecule has 4 rings (SSSR count). The second kappa shape index (κ2) is 5.46. The topological polar surface area (TPSA) is 58.1 Å². The Morgan fingerprint density at radius 1 is 1.30 bits per heavy atom. The number of carbonyl (C=O) groups excluding carboxylic acids is 1. The molecule has 0 bridgehead atoms. The first kappa shape index (κ1) is 14.9. The van der Waals surface area contributed by atoms with Crippen LogP contribution in [-0.4, -0.2) is 29.0 Å². The molecule has 0 unspecified atom stereocenters. The summed E-state index contributed by atoms with van der Waals surface area (Å²) in [7, 11) is 0. The van der Waals surface area contributed by atoms with Crippen LogP contribution in [0.1, 0.15) is 63.3 Å². The van der Waals surface area contributed by atoms with Crippen LogP contribution < -0.4 is 10.2 Å². The second-order valence-electron chi connectivity index (χ2n) is 8.15. The third-order valence-electron chi connectivity index (χ3n) is 5.32. The summed E-state index contributed by atoms with van der Waals surface area (Å²) >= 11 is 0. The first-order chi connectivity index (χ1) is 11.0. The molecule has 5 heteroatoms. The first-order valence-electron chi connectivity index (χ1n) is 8.93. The molecule has 1 amide bonds. The normalized spacial score (nSPS) is 26.0. The SMILES string of the molecule is CC1(C)Cc2nc(N3CCCC3)ncc2[C@H](NC(=O)C2CC2)C1. The van der Waals surface area contributed by atoms with Crippen molar-refractivity contribution in [2.75, 3.05) is 18.0 Å². The minimum Gasteiger partial charge on any atom is -0.349 e. The van der Waals surface area contributed by atoms with Crippen molar-refractivity contribution >= 4 is 11.9 Å². The van der Waals surface area contributed by atoms with Crippen molar-refractivity contribution in [2.24, 2.45) is 11.3 Å². The summed E-state index contributed by atoms with van der Waals surface area (Å²) in [4.78, 5) is 24.0. The Balaban J connectivity index is 1.61. The third kappa shape index (κ3) is 3.06. The predicted octanol–water partition coefficient (Wildman–Crippen LogP) is 2.62. The van der Waals surface area contributed by atoms with E-state index in [-0.39, 0.29) is 23.3 Å². The van der Waals surface area contributed by atoms with Crippen LogP contribution in [0.2, 0.25) is 0 Å². The molecule has 3 aliphatic rings. The summed E-state index contributed by atoms with van der Waals surface area (Å²) in [5, 5.41) is 3.25. The number of carbonyl (C=O) groups is 1. The molecular formula is C18H26N4O. The highest BCUT2D eigenvalue weighted by molar-refractivity contribution is 5.81. The van der Waals surface area contributed by atoms with Gasteiger partial charge in [0.05, 0.1) is 11.7 Å². The molecular weight excluding hydrogens is 288 g/mol. The monoisotopic (exact) mass is 314 g/mol. The van der Waals surface area contributed by atoms with Crippen LogP contribution in [0, 0.1) is 11.3 Å². The molecule has 1 N–H and O–H groups in total. The van der Waals surface area contributed by atoms with Gasteiger partial charge < -0.3 is 10.2 Å². The molecule has 1 saturated heterocycles. The smallest absolute Gasteiger partial charge is 0.225 e. The van der Waals surface area contributed by atoms with Crippen LogP contribution in [0.3, 0.4) is 0 Å². The fourth-order valence-electron chi connectivity index (χ4n) is 3.87. The Morgan fingerprint density at radius 3 is 2.74 bits per heavy atom. The molecule has 1 aromatic heterocycles. The van der Waals surface area contributed by atoms with E-state index < -0.39 is 0 Å². The van der Waals surface area contributed by atoms with E-state index in [4.69, 9.17) is 4.98 Å². The van der Waals surface area contributed by atoms with Crippen molar-refractivity contribution in [3.63, 3.8) is 0 Å². The van der Waals surface area contributed by atoms with E-state index in [1.165, 1.54) is 12.8 Å². The zero-order valence-corrected chi connectivity index (χ0v) is 14.1. The molecule has 1 aliphatic heterocycles. The second-order valence-corrected chi connectivity index (χ2v) is 8.15. The fourth-order valence-corrected chi connectivity index (χ4v) is 3.87. The maximum Gasteiger partial charge on any atom is 0.225 e. The molecule has 1 aromatic rings. The van der Waals surface area contributed by atoms with Crippen LogP contribution in [0.4, 0.5) is 5.95 Å². The van der Waals surface area contributed by atoms with Gasteiger partial charge in [-0.3, -0.25) is 4.79 Å². The average molecular weight is 314 g/mol. The Kier molecular flexibility index (Phi) is 3.54. The lowest BCUT2D eigenvalue weighted by Crippen LogP contribution is -2.38. The van der Waals surface area contributed by atoms with E-state index >= 15 is 0 Å². The van der Waals surface area contributed by atoms with Crippen LogP contribution in [0.25, 0.3) is 0 Å². The highest BCUT2D eigenvalue weighted by Gasteiger charge is 2.37. The number of hydrogen-bond donors (Lipinski definition) is 1. The Hall–Kier alpha value is -1.65. The van der Waals surface area contributed by atoms with E-state index in [0.717, 1.165) is 56.0 Å². The van der Waals surface area contributed by atoms with Crippen molar-refractivity contribution in [1.29, 1.82) is 0 Å². The zero-order chi connectivity index (χ0) is 16.0. The number of aromatic nitrogens is 2. The van der Waals surface area contributed by atoms with Gasteiger partial charge >= 0.3 is 0 Å². The lowest BCUT2D eigenvalue weighted by Gasteiger charge is -2.36. The van der Waals surface area contributed by atoms with Gasteiger partial charge in [-0.15, -0.1) is 0 Å². The van der Waals surface area contributed by atoms with Crippen molar-refractivity contribution < 1.29 is 4.79 Å². The van der Waals surface area contributed by atoms with Gasteiger partial charge in [0.25, 0.3) is 0 Å². The highest BCUT2D eigenvalue weighted by atomic mass is 16.2. The third-order valence-corrected chi connectivity index (χ3v) is 5.32. The zero-order valence-electron chi connectivity index (χ0n) is 14.1. The van der Waals surface area contributed by atoms with Crippen molar-refractivity contribution in [3.05, 3.63) is 17.5 Å². The van der Waals surface area contributed by atoms with Gasteiger partial charge in [0.15, 0.2) is 0 Å². The molecule has 5 nitrogen and oxygen atoms in total. The van der Waals surface area contributed by atoms with Gasteiger partial charge in [0.1, 0.15) is 0 Å².